The zero-order valence-corrected chi connectivity index (χ0v) is 13.5. The molecule has 2 unspecified atom stereocenters. The van der Waals surface area contributed by atoms with Crippen LogP contribution in [0.2, 0.25) is 0 Å². The van der Waals surface area contributed by atoms with Gasteiger partial charge in [-0.2, -0.15) is 0 Å². The summed E-state index contributed by atoms with van der Waals surface area (Å²) in [5.74, 6) is -1.33. The summed E-state index contributed by atoms with van der Waals surface area (Å²) in [5.41, 5.74) is 0.176. The number of methoxy groups -OCH3 is 1. The molecule has 0 aromatic carbocycles. The van der Waals surface area contributed by atoms with Crippen LogP contribution < -0.4 is 0 Å². The first-order valence-electron chi connectivity index (χ1n) is 6.70. The lowest BCUT2D eigenvalue weighted by atomic mass is 10.1. The summed E-state index contributed by atoms with van der Waals surface area (Å²) >= 11 is 0. The van der Waals surface area contributed by atoms with Crippen molar-refractivity contribution in [2.45, 2.75) is 45.3 Å². The van der Waals surface area contributed by atoms with Crippen molar-refractivity contribution in [3.05, 3.63) is 24.8 Å². The van der Waals surface area contributed by atoms with E-state index in [0.29, 0.717) is 12.8 Å². The van der Waals surface area contributed by atoms with E-state index < -0.39 is 24.1 Å². The molecule has 0 rings (SSSR count). The molecule has 2 atom stereocenters. The van der Waals surface area contributed by atoms with Gasteiger partial charge in [0.15, 0.2) is 0 Å². The SMILES string of the molecule is C=C(C)C(=O)O.C=CC(=O)OC.CC(O)C(O)CCCCO. The number of aliphatic carboxylic acids is 1. The number of carboxylic acids is 1. The Kier molecular flexibility index (Phi) is 19.9. The van der Waals surface area contributed by atoms with Gasteiger partial charge in [-0.3, -0.25) is 0 Å². The summed E-state index contributed by atoms with van der Waals surface area (Å²) in [6, 6.07) is 0. The summed E-state index contributed by atoms with van der Waals surface area (Å²) in [6.07, 6.45) is 1.86. The standard InChI is InChI=1S/C7H16O3.2C4H6O2/c1-6(9)7(10)4-2-3-5-8;1-3-4(5)6-2;1-3(2)4(5)6/h6-10H,2-5H2,1H3;3H,1H2,2H3;1H2,2H3,(H,5,6). The number of aliphatic hydroxyl groups is 3. The fourth-order valence-electron chi connectivity index (χ4n) is 0.790. The molecule has 22 heavy (non-hydrogen) atoms. The van der Waals surface area contributed by atoms with E-state index in [1.54, 1.807) is 6.92 Å². The van der Waals surface area contributed by atoms with Crippen molar-refractivity contribution >= 4 is 11.9 Å². The van der Waals surface area contributed by atoms with Gasteiger partial charge in [0, 0.05) is 18.3 Å². The number of unbranched alkanes of at least 4 members (excludes halogenated alkanes) is 1. The first-order valence-corrected chi connectivity index (χ1v) is 6.70. The second kappa shape index (κ2) is 17.4. The van der Waals surface area contributed by atoms with Gasteiger partial charge in [0.2, 0.25) is 0 Å². The molecule has 0 radical (unpaired) electrons. The summed E-state index contributed by atoms with van der Waals surface area (Å²) < 4.78 is 4.14. The van der Waals surface area contributed by atoms with Crippen molar-refractivity contribution < 1.29 is 34.8 Å². The number of carbonyl (C=O) groups is 2. The van der Waals surface area contributed by atoms with Crippen LogP contribution in [0.15, 0.2) is 24.8 Å². The molecule has 0 saturated heterocycles. The van der Waals surface area contributed by atoms with Gasteiger partial charge < -0.3 is 25.2 Å². The van der Waals surface area contributed by atoms with Gasteiger partial charge in [0.1, 0.15) is 0 Å². The van der Waals surface area contributed by atoms with E-state index in [4.69, 9.17) is 20.4 Å². The van der Waals surface area contributed by atoms with Crippen molar-refractivity contribution in [3.8, 4) is 0 Å². The molecule has 7 nitrogen and oxygen atoms in total. The van der Waals surface area contributed by atoms with Gasteiger partial charge in [-0.25, -0.2) is 9.59 Å². The molecule has 0 aliphatic rings. The highest BCUT2D eigenvalue weighted by molar-refractivity contribution is 5.84. The Morgan fingerprint density at radius 2 is 1.73 bits per heavy atom. The molecular formula is C15H28O7. The lowest BCUT2D eigenvalue weighted by molar-refractivity contribution is -0.135. The van der Waals surface area contributed by atoms with Gasteiger partial charge in [0.05, 0.1) is 19.3 Å². The van der Waals surface area contributed by atoms with Gasteiger partial charge in [-0.1, -0.05) is 13.2 Å². The zero-order valence-electron chi connectivity index (χ0n) is 13.5. The predicted octanol–water partition coefficient (Wildman–Crippen LogP) is 0.883. The van der Waals surface area contributed by atoms with E-state index in [2.05, 4.69) is 17.9 Å². The summed E-state index contributed by atoms with van der Waals surface area (Å²) in [7, 11) is 1.31. The van der Waals surface area contributed by atoms with Crippen LogP contribution in [0.5, 0.6) is 0 Å². The number of esters is 1. The Hall–Kier alpha value is -1.70. The second-order valence-electron chi connectivity index (χ2n) is 4.34. The van der Waals surface area contributed by atoms with Crippen LogP contribution in [0.3, 0.4) is 0 Å². The number of hydrogen-bond acceptors (Lipinski definition) is 6. The second-order valence-corrected chi connectivity index (χ2v) is 4.34. The van der Waals surface area contributed by atoms with E-state index >= 15 is 0 Å². The maximum Gasteiger partial charge on any atom is 0.330 e. The fourth-order valence-corrected chi connectivity index (χ4v) is 0.790. The summed E-state index contributed by atoms with van der Waals surface area (Å²) in [5, 5.41) is 34.1. The third-order valence-corrected chi connectivity index (χ3v) is 2.20. The molecule has 0 fully saturated rings. The average Bonchev–Trinajstić information content (AvgIpc) is 2.47. The Morgan fingerprint density at radius 3 is 1.91 bits per heavy atom. The zero-order chi connectivity index (χ0) is 18.1. The monoisotopic (exact) mass is 320 g/mol. The van der Waals surface area contributed by atoms with Gasteiger partial charge in [-0.15, -0.1) is 0 Å². The highest BCUT2D eigenvalue weighted by Gasteiger charge is 2.08. The molecule has 7 heteroatoms. The van der Waals surface area contributed by atoms with Crippen LogP contribution in [-0.2, 0) is 14.3 Å². The van der Waals surface area contributed by atoms with Crippen LogP contribution in [-0.4, -0.2) is 58.3 Å². The van der Waals surface area contributed by atoms with Crippen molar-refractivity contribution in [2.75, 3.05) is 13.7 Å². The van der Waals surface area contributed by atoms with Gasteiger partial charge in [0.25, 0.3) is 0 Å². The van der Waals surface area contributed by atoms with Crippen molar-refractivity contribution in [1.29, 1.82) is 0 Å². The number of hydrogen-bond donors (Lipinski definition) is 4. The lowest BCUT2D eigenvalue weighted by Gasteiger charge is -2.11. The third-order valence-electron chi connectivity index (χ3n) is 2.20. The highest BCUT2D eigenvalue weighted by atomic mass is 16.5. The van der Waals surface area contributed by atoms with E-state index in [1.807, 2.05) is 0 Å². The van der Waals surface area contributed by atoms with Crippen LogP contribution in [0, 0.1) is 0 Å². The van der Waals surface area contributed by atoms with E-state index in [0.717, 1.165) is 12.5 Å². The maximum atomic E-state index is 9.84. The Balaban J connectivity index is -0.000000261. The average molecular weight is 320 g/mol. The Morgan fingerprint density at radius 1 is 1.27 bits per heavy atom. The minimum Gasteiger partial charge on any atom is -0.478 e. The molecule has 0 spiro atoms. The minimum atomic E-state index is -0.935. The minimum absolute atomic E-state index is 0.159. The largest absolute Gasteiger partial charge is 0.478 e. The quantitative estimate of drug-likeness (QED) is 0.312. The molecule has 0 saturated carbocycles. The number of aliphatic hydroxyl groups excluding tert-OH is 3. The number of carbonyl (C=O) groups excluding carboxylic acids is 1. The number of ether oxygens (including phenoxy) is 1. The molecule has 0 bridgehead atoms. The molecule has 4 N–H and O–H groups in total. The predicted molar refractivity (Wildman–Crippen MR) is 83.3 cm³/mol. The maximum absolute atomic E-state index is 9.84. The molecule has 0 aromatic heterocycles. The Labute approximate surface area is 131 Å². The highest BCUT2D eigenvalue weighted by Crippen LogP contribution is 2.03. The summed E-state index contributed by atoms with van der Waals surface area (Å²) in [6.45, 7) is 9.48. The van der Waals surface area contributed by atoms with E-state index in [9.17, 15) is 9.59 Å². The smallest absolute Gasteiger partial charge is 0.330 e. The fraction of sp³-hybridized carbons (Fsp3) is 0.600. The molecule has 0 heterocycles. The summed E-state index contributed by atoms with van der Waals surface area (Å²) in [4.78, 5) is 19.4. The molecule has 0 aliphatic heterocycles. The molecule has 0 amide bonds. The van der Waals surface area contributed by atoms with Crippen LogP contribution in [0.4, 0.5) is 0 Å². The number of rotatable bonds is 7. The van der Waals surface area contributed by atoms with Crippen LogP contribution in [0.1, 0.15) is 33.1 Å². The number of carboxylic acid groups (broad SMARTS) is 1. The molecule has 0 aliphatic carbocycles. The first kappa shape index (κ1) is 25.3. The molecular weight excluding hydrogens is 292 g/mol. The topological polar surface area (TPSA) is 124 Å². The van der Waals surface area contributed by atoms with Crippen molar-refractivity contribution in [1.82, 2.24) is 0 Å². The van der Waals surface area contributed by atoms with Crippen molar-refractivity contribution in [3.63, 3.8) is 0 Å². The van der Waals surface area contributed by atoms with Gasteiger partial charge in [-0.05, 0) is 33.1 Å². The lowest BCUT2D eigenvalue weighted by Crippen LogP contribution is -2.22. The van der Waals surface area contributed by atoms with Crippen LogP contribution >= 0.6 is 0 Å². The first-order chi connectivity index (χ1) is 10.1. The van der Waals surface area contributed by atoms with Gasteiger partial charge >= 0.3 is 11.9 Å². The third kappa shape index (κ3) is 23.4. The molecule has 0 aromatic rings. The van der Waals surface area contributed by atoms with E-state index in [1.165, 1.54) is 14.0 Å². The van der Waals surface area contributed by atoms with E-state index in [-0.39, 0.29) is 12.2 Å². The van der Waals surface area contributed by atoms with Crippen LogP contribution in [0.25, 0.3) is 0 Å². The normalized spacial score (nSPS) is 11.5. The molecule has 130 valence electrons. The Bertz CT molecular complexity index is 309. The van der Waals surface area contributed by atoms with Crippen molar-refractivity contribution in [2.24, 2.45) is 0 Å².